The third kappa shape index (κ3) is 3.62. The van der Waals surface area contributed by atoms with Crippen molar-refractivity contribution in [2.75, 3.05) is 11.6 Å². The van der Waals surface area contributed by atoms with Crippen molar-refractivity contribution in [1.29, 1.82) is 0 Å². The average Bonchev–Trinajstić information content (AvgIpc) is 3.02. The summed E-state index contributed by atoms with van der Waals surface area (Å²) < 4.78 is 13.2. The minimum atomic E-state index is -0.200. The van der Waals surface area contributed by atoms with Crippen LogP contribution < -0.4 is 4.90 Å². The van der Waals surface area contributed by atoms with Crippen molar-refractivity contribution in [3.8, 4) is 11.1 Å². The lowest BCUT2D eigenvalue weighted by atomic mass is 9.87. The SMILES string of the molecule is Cc1cc(-c2ccc(F)cc2)cc(C)c1N1C=CN([C@H](C)C(C)(C)C)C1. The Hall–Kier alpha value is -2.29. The molecule has 3 rings (SSSR count). The van der Waals surface area contributed by atoms with Crippen LogP contribution in [0.2, 0.25) is 0 Å². The monoisotopic (exact) mass is 352 g/mol. The fourth-order valence-corrected chi connectivity index (χ4v) is 3.55. The van der Waals surface area contributed by atoms with Crippen molar-refractivity contribution in [2.45, 2.75) is 47.6 Å². The minimum absolute atomic E-state index is 0.200. The van der Waals surface area contributed by atoms with Crippen LogP contribution in [-0.4, -0.2) is 17.6 Å². The molecular weight excluding hydrogens is 323 g/mol. The summed E-state index contributed by atoms with van der Waals surface area (Å²) in [5.41, 5.74) is 6.14. The van der Waals surface area contributed by atoms with E-state index >= 15 is 0 Å². The molecule has 2 nitrogen and oxygen atoms in total. The van der Waals surface area contributed by atoms with Crippen LogP contribution in [-0.2, 0) is 0 Å². The first-order valence-electron chi connectivity index (χ1n) is 9.25. The quantitative estimate of drug-likeness (QED) is 0.659. The highest BCUT2D eigenvalue weighted by atomic mass is 19.1. The molecule has 0 fully saturated rings. The van der Waals surface area contributed by atoms with Crippen molar-refractivity contribution in [3.05, 3.63) is 65.7 Å². The van der Waals surface area contributed by atoms with Crippen LogP contribution in [0.5, 0.6) is 0 Å². The van der Waals surface area contributed by atoms with Crippen LogP contribution in [0.1, 0.15) is 38.8 Å². The number of hydrogen-bond acceptors (Lipinski definition) is 2. The van der Waals surface area contributed by atoms with E-state index in [0.717, 1.165) is 17.8 Å². The highest BCUT2D eigenvalue weighted by molar-refractivity contribution is 5.72. The van der Waals surface area contributed by atoms with Gasteiger partial charge in [0.1, 0.15) is 5.82 Å². The van der Waals surface area contributed by atoms with Crippen LogP contribution in [0.3, 0.4) is 0 Å². The number of halogens is 1. The summed E-state index contributed by atoms with van der Waals surface area (Å²) in [4.78, 5) is 4.72. The Kier molecular flexibility index (Phi) is 4.83. The van der Waals surface area contributed by atoms with Crippen molar-refractivity contribution in [1.82, 2.24) is 4.90 Å². The molecule has 26 heavy (non-hydrogen) atoms. The van der Waals surface area contributed by atoms with Gasteiger partial charge < -0.3 is 9.80 Å². The van der Waals surface area contributed by atoms with Gasteiger partial charge in [-0.05, 0) is 72.7 Å². The Morgan fingerprint density at radius 2 is 1.50 bits per heavy atom. The van der Waals surface area contributed by atoms with E-state index in [0.29, 0.717) is 6.04 Å². The lowest BCUT2D eigenvalue weighted by Gasteiger charge is -2.36. The standard InChI is InChI=1S/C23H29FN2/c1-16-13-20(19-7-9-21(24)10-8-19)14-17(2)22(16)26-12-11-25(15-26)18(3)23(4,5)6/h7-14,18H,15H2,1-6H3/t18-/m1/s1. The zero-order valence-corrected chi connectivity index (χ0v) is 16.7. The van der Waals surface area contributed by atoms with Gasteiger partial charge in [0.25, 0.3) is 0 Å². The number of hydrogen-bond donors (Lipinski definition) is 0. The van der Waals surface area contributed by atoms with Gasteiger partial charge in [0.05, 0.1) is 6.67 Å². The van der Waals surface area contributed by atoms with Crippen LogP contribution in [0.25, 0.3) is 11.1 Å². The van der Waals surface area contributed by atoms with Gasteiger partial charge >= 0.3 is 0 Å². The molecule has 0 aromatic heterocycles. The zero-order valence-electron chi connectivity index (χ0n) is 16.7. The molecule has 2 aromatic carbocycles. The summed E-state index contributed by atoms with van der Waals surface area (Å²) >= 11 is 0. The first-order chi connectivity index (χ1) is 12.2. The van der Waals surface area contributed by atoms with Crippen molar-refractivity contribution in [2.24, 2.45) is 5.41 Å². The molecule has 0 aliphatic carbocycles. The highest BCUT2D eigenvalue weighted by Crippen LogP contribution is 2.34. The van der Waals surface area contributed by atoms with E-state index in [1.165, 1.54) is 28.9 Å². The fraction of sp³-hybridized carbons (Fsp3) is 0.391. The van der Waals surface area contributed by atoms with Crippen molar-refractivity contribution >= 4 is 5.69 Å². The molecule has 3 heteroatoms. The lowest BCUT2D eigenvalue weighted by Crippen LogP contribution is -2.40. The fourth-order valence-electron chi connectivity index (χ4n) is 3.55. The third-order valence-electron chi connectivity index (χ3n) is 5.46. The number of aryl methyl sites for hydroxylation is 2. The smallest absolute Gasteiger partial charge is 0.123 e. The average molecular weight is 352 g/mol. The lowest BCUT2D eigenvalue weighted by molar-refractivity contribution is 0.173. The van der Waals surface area contributed by atoms with E-state index in [4.69, 9.17) is 0 Å². The Bertz CT molecular complexity index is 792. The van der Waals surface area contributed by atoms with Crippen LogP contribution in [0.4, 0.5) is 10.1 Å². The molecular formula is C23H29FN2. The summed E-state index contributed by atoms with van der Waals surface area (Å²) in [5, 5.41) is 0. The molecule has 1 atom stereocenters. The van der Waals surface area contributed by atoms with Crippen molar-refractivity contribution < 1.29 is 4.39 Å². The number of anilines is 1. The number of rotatable bonds is 3. The molecule has 138 valence electrons. The van der Waals surface area contributed by atoms with Gasteiger partial charge in [-0.2, -0.15) is 0 Å². The van der Waals surface area contributed by atoms with Crippen LogP contribution >= 0.6 is 0 Å². The van der Waals surface area contributed by atoms with E-state index in [-0.39, 0.29) is 11.2 Å². The van der Waals surface area contributed by atoms with Gasteiger partial charge in [0.2, 0.25) is 0 Å². The summed E-state index contributed by atoms with van der Waals surface area (Å²) in [7, 11) is 0. The number of benzene rings is 2. The Balaban J connectivity index is 1.86. The molecule has 1 aliphatic heterocycles. The van der Waals surface area contributed by atoms with Gasteiger partial charge in [-0.25, -0.2) is 4.39 Å². The molecule has 2 aromatic rings. The third-order valence-corrected chi connectivity index (χ3v) is 5.46. The van der Waals surface area contributed by atoms with Gasteiger partial charge in [-0.15, -0.1) is 0 Å². The second kappa shape index (κ2) is 6.79. The predicted molar refractivity (Wildman–Crippen MR) is 109 cm³/mol. The Morgan fingerprint density at radius 1 is 0.923 bits per heavy atom. The van der Waals surface area contributed by atoms with E-state index in [2.05, 4.69) is 75.9 Å². The maximum absolute atomic E-state index is 13.2. The van der Waals surface area contributed by atoms with Crippen LogP contribution in [0, 0.1) is 25.1 Å². The number of nitrogens with zero attached hydrogens (tertiary/aromatic N) is 2. The summed E-state index contributed by atoms with van der Waals surface area (Å²) in [6, 6.07) is 11.6. The second-order valence-corrected chi connectivity index (χ2v) is 8.43. The van der Waals surface area contributed by atoms with Gasteiger partial charge in [0, 0.05) is 24.1 Å². The van der Waals surface area contributed by atoms with Crippen molar-refractivity contribution in [3.63, 3.8) is 0 Å². The van der Waals surface area contributed by atoms with Gasteiger partial charge in [-0.3, -0.25) is 0 Å². The van der Waals surface area contributed by atoms with E-state index in [1.807, 2.05) is 12.1 Å². The topological polar surface area (TPSA) is 6.48 Å². The molecule has 0 N–H and O–H groups in total. The second-order valence-electron chi connectivity index (χ2n) is 8.43. The molecule has 0 bridgehead atoms. The molecule has 0 unspecified atom stereocenters. The first-order valence-corrected chi connectivity index (χ1v) is 9.25. The molecule has 1 aliphatic rings. The summed E-state index contributed by atoms with van der Waals surface area (Å²) in [5.74, 6) is -0.200. The highest BCUT2D eigenvalue weighted by Gasteiger charge is 2.28. The Labute approximate surface area is 156 Å². The Morgan fingerprint density at radius 3 is 2.04 bits per heavy atom. The predicted octanol–water partition coefficient (Wildman–Crippen LogP) is 6.09. The van der Waals surface area contributed by atoms with Gasteiger partial charge in [-0.1, -0.05) is 32.9 Å². The van der Waals surface area contributed by atoms with E-state index in [1.54, 1.807) is 0 Å². The molecule has 0 saturated heterocycles. The molecule has 0 saturated carbocycles. The van der Waals surface area contributed by atoms with Gasteiger partial charge in [0.15, 0.2) is 0 Å². The maximum Gasteiger partial charge on any atom is 0.123 e. The molecule has 0 radical (unpaired) electrons. The van der Waals surface area contributed by atoms with E-state index < -0.39 is 0 Å². The normalized spacial score (nSPS) is 15.7. The molecule has 0 amide bonds. The van der Waals surface area contributed by atoms with Crippen LogP contribution in [0.15, 0.2) is 48.8 Å². The van der Waals surface area contributed by atoms with E-state index in [9.17, 15) is 4.39 Å². The largest absolute Gasteiger partial charge is 0.355 e. The molecule has 0 spiro atoms. The maximum atomic E-state index is 13.2. The summed E-state index contributed by atoms with van der Waals surface area (Å²) in [6.07, 6.45) is 4.37. The zero-order chi connectivity index (χ0) is 19.1. The molecule has 1 heterocycles. The summed E-state index contributed by atoms with van der Waals surface area (Å²) in [6.45, 7) is 14.3. The first kappa shape index (κ1) is 18.5. The minimum Gasteiger partial charge on any atom is -0.355 e.